The Morgan fingerprint density at radius 1 is 1.47 bits per heavy atom. The molecular formula is C12H14BrN3O. The van der Waals surface area contributed by atoms with Crippen LogP contribution in [-0.4, -0.2) is 15.1 Å². The molecule has 5 heteroatoms. The number of benzene rings is 1. The van der Waals surface area contributed by atoms with Crippen LogP contribution in [0.15, 0.2) is 28.9 Å². The minimum absolute atomic E-state index is 0.0176. The molecular weight excluding hydrogens is 282 g/mol. The van der Waals surface area contributed by atoms with Gasteiger partial charge in [0, 0.05) is 15.7 Å². The molecule has 0 saturated carbocycles. The van der Waals surface area contributed by atoms with Crippen molar-refractivity contribution in [2.45, 2.75) is 20.1 Å². The van der Waals surface area contributed by atoms with Crippen molar-refractivity contribution in [1.29, 1.82) is 0 Å². The number of hydrogen-bond donors (Lipinski definition) is 3. The van der Waals surface area contributed by atoms with Crippen molar-refractivity contribution in [1.82, 2.24) is 9.97 Å². The zero-order valence-electron chi connectivity index (χ0n) is 9.50. The van der Waals surface area contributed by atoms with Gasteiger partial charge in [-0.1, -0.05) is 15.9 Å². The lowest BCUT2D eigenvalue weighted by molar-refractivity contribution is 0.282. The Morgan fingerprint density at radius 3 is 2.94 bits per heavy atom. The van der Waals surface area contributed by atoms with Crippen LogP contribution in [0.5, 0.6) is 0 Å². The van der Waals surface area contributed by atoms with Crippen molar-refractivity contribution in [3.05, 3.63) is 46.0 Å². The number of rotatable bonds is 4. The largest absolute Gasteiger partial charge is 0.392 e. The summed E-state index contributed by atoms with van der Waals surface area (Å²) in [5, 5.41) is 12.5. The Morgan fingerprint density at radius 2 is 2.29 bits per heavy atom. The molecule has 2 aromatic rings. The number of nitrogens with one attached hydrogen (secondary N) is 2. The Bertz CT molecular complexity index is 510. The quantitative estimate of drug-likeness (QED) is 0.812. The Balaban J connectivity index is 2.08. The van der Waals surface area contributed by atoms with Crippen molar-refractivity contribution < 1.29 is 5.11 Å². The SMILES string of the molecule is Cc1ncc(CNc2ccc(Br)cc2CO)[nH]1. The highest BCUT2D eigenvalue weighted by atomic mass is 79.9. The summed E-state index contributed by atoms with van der Waals surface area (Å²) in [7, 11) is 0. The van der Waals surface area contributed by atoms with E-state index in [4.69, 9.17) is 0 Å². The Hall–Kier alpha value is -1.33. The van der Waals surface area contributed by atoms with Gasteiger partial charge >= 0.3 is 0 Å². The number of imidazole rings is 1. The van der Waals surface area contributed by atoms with Gasteiger partial charge in [0.1, 0.15) is 5.82 Å². The molecule has 2 rings (SSSR count). The average Bonchev–Trinajstić information content (AvgIpc) is 2.73. The number of H-pyrrole nitrogens is 1. The maximum absolute atomic E-state index is 9.26. The molecule has 1 aromatic heterocycles. The summed E-state index contributed by atoms with van der Waals surface area (Å²) in [5.41, 5.74) is 2.83. The molecule has 1 heterocycles. The molecule has 4 nitrogen and oxygen atoms in total. The summed E-state index contributed by atoms with van der Waals surface area (Å²) in [6.45, 7) is 2.60. The second-order valence-corrected chi connectivity index (χ2v) is 4.72. The van der Waals surface area contributed by atoms with Gasteiger partial charge in [0.05, 0.1) is 25.0 Å². The van der Waals surface area contributed by atoms with E-state index in [9.17, 15) is 5.11 Å². The maximum atomic E-state index is 9.26. The van der Waals surface area contributed by atoms with E-state index in [1.807, 2.05) is 25.1 Å². The molecule has 0 saturated heterocycles. The normalized spacial score (nSPS) is 10.5. The standard InChI is InChI=1S/C12H14BrN3O/c1-8-14-5-11(16-8)6-15-12-3-2-10(13)4-9(12)7-17/h2-5,15,17H,6-7H2,1H3,(H,14,16). The predicted molar refractivity (Wildman–Crippen MR) is 70.7 cm³/mol. The minimum atomic E-state index is 0.0176. The van der Waals surface area contributed by atoms with Crippen LogP contribution in [0.4, 0.5) is 5.69 Å². The maximum Gasteiger partial charge on any atom is 0.103 e. The second kappa shape index (κ2) is 5.33. The smallest absolute Gasteiger partial charge is 0.103 e. The van der Waals surface area contributed by atoms with Crippen LogP contribution in [0.1, 0.15) is 17.1 Å². The fraction of sp³-hybridized carbons (Fsp3) is 0.250. The van der Waals surface area contributed by atoms with E-state index < -0.39 is 0 Å². The summed E-state index contributed by atoms with van der Waals surface area (Å²) in [6, 6.07) is 5.79. The van der Waals surface area contributed by atoms with Crippen molar-refractivity contribution in [3.8, 4) is 0 Å². The van der Waals surface area contributed by atoms with E-state index in [1.165, 1.54) is 0 Å². The van der Waals surface area contributed by atoms with Gasteiger partial charge < -0.3 is 15.4 Å². The first-order valence-electron chi connectivity index (χ1n) is 5.32. The van der Waals surface area contributed by atoms with Crippen LogP contribution >= 0.6 is 15.9 Å². The third-order valence-corrected chi connectivity index (χ3v) is 2.96. The Labute approximate surface area is 108 Å². The van der Waals surface area contributed by atoms with E-state index in [2.05, 4.69) is 31.2 Å². The van der Waals surface area contributed by atoms with Crippen LogP contribution in [0, 0.1) is 6.92 Å². The van der Waals surface area contributed by atoms with Gasteiger partial charge in [-0.25, -0.2) is 4.98 Å². The van der Waals surface area contributed by atoms with Crippen LogP contribution in [-0.2, 0) is 13.2 Å². The highest BCUT2D eigenvalue weighted by Gasteiger charge is 2.03. The predicted octanol–water partition coefficient (Wildman–Crippen LogP) is 2.59. The van der Waals surface area contributed by atoms with Crippen LogP contribution in [0.25, 0.3) is 0 Å². The van der Waals surface area contributed by atoms with E-state index in [1.54, 1.807) is 6.20 Å². The van der Waals surface area contributed by atoms with Gasteiger partial charge in [-0.05, 0) is 25.1 Å². The third-order valence-electron chi connectivity index (χ3n) is 2.46. The monoisotopic (exact) mass is 295 g/mol. The number of halogens is 1. The molecule has 0 fully saturated rings. The number of aliphatic hydroxyl groups is 1. The lowest BCUT2D eigenvalue weighted by Crippen LogP contribution is -2.02. The summed E-state index contributed by atoms with van der Waals surface area (Å²) >= 11 is 3.38. The molecule has 17 heavy (non-hydrogen) atoms. The van der Waals surface area contributed by atoms with Crippen LogP contribution < -0.4 is 5.32 Å². The van der Waals surface area contributed by atoms with E-state index >= 15 is 0 Å². The summed E-state index contributed by atoms with van der Waals surface area (Å²) < 4.78 is 0.962. The zero-order valence-corrected chi connectivity index (χ0v) is 11.1. The van der Waals surface area contributed by atoms with E-state index in [0.717, 1.165) is 27.2 Å². The molecule has 0 amide bonds. The molecule has 0 aliphatic heterocycles. The molecule has 0 aliphatic carbocycles. The number of aliphatic hydroxyl groups excluding tert-OH is 1. The summed E-state index contributed by atoms with van der Waals surface area (Å²) in [6.07, 6.45) is 1.81. The lowest BCUT2D eigenvalue weighted by Gasteiger charge is -2.10. The minimum Gasteiger partial charge on any atom is -0.392 e. The number of aromatic nitrogens is 2. The lowest BCUT2D eigenvalue weighted by atomic mass is 10.2. The second-order valence-electron chi connectivity index (χ2n) is 3.81. The number of aromatic amines is 1. The van der Waals surface area contributed by atoms with Crippen molar-refractivity contribution in [3.63, 3.8) is 0 Å². The molecule has 0 radical (unpaired) electrons. The third kappa shape index (κ3) is 3.08. The van der Waals surface area contributed by atoms with E-state index in [0.29, 0.717) is 6.54 Å². The van der Waals surface area contributed by atoms with Gasteiger partial charge in [0.2, 0.25) is 0 Å². The highest BCUT2D eigenvalue weighted by molar-refractivity contribution is 9.10. The number of nitrogens with zero attached hydrogens (tertiary/aromatic N) is 1. The van der Waals surface area contributed by atoms with Crippen molar-refractivity contribution in [2.24, 2.45) is 0 Å². The first-order valence-corrected chi connectivity index (χ1v) is 6.12. The van der Waals surface area contributed by atoms with Crippen LogP contribution in [0.2, 0.25) is 0 Å². The molecule has 0 bridgehead atoms. The first kappa shape index (κ1) is 12.1. The highest BCUT2D eigenvalue weighted by Crippen LogP contribution is 2.21. The number of aryl methyl sites for hydroxylation is 1. The van der Waals surface area contributed by atoms with Gasteiger partial charge in [-0.2, -0.15) is 0 Å². The summed E-state index contributed by atoms with van der Waals surface area (Å²) in [5.74, 6) is 0.903. The fourth-order valence-corrected chi connectivity index (χ4v) is 2.03. The van der Waals surface area contributed by atoms with Gasteiger partial charge in [-0.15, -0.1) is 0 Å². The number of hydrogen-bond acceptors (Lipinski definition) is 3. The molecule has 3 N–H and O–H groups in total. The topological polar surface area (TPSA) is 60.9 Å². The first-order chi connectivity index (χ1) is 8.19. The Kier molecular flexibility index (Phi) is 3.81. The molecule has 0 unspecified atom stereocenters. The van der Waals surface area contributed by atoms with Crippen molar-refractivity contribution in [2.75, 3.05) is 5.32 Å². The van der Waals surface area contributed by atoms with Crippen LogP contribution in [0.3, 0.4) is 0 Å². The molecule has 0 aliphatic rings. The molecule has 90 valence electrons. The summed E-state index contributed by atoms with van der Waals surface area (Å²) in [4.78, 5) is 7.28. The number of anilines is 1. The molecule has 0 spiro atoms. The molecule has 1 aromatic carbocycles. The van der Waals surface area contributed by atoms with Gasteiger partial charge in [-0.3, -0.25) is 0 Å². The fourth-order valence-electron chi connectivity index (χ4n) is 1.62. The van der Waals surface area contributed by atoms with Crippen molar-refractivity contribution >= 4 is 21.6 Å². The average molecular weight is 296 g/mol. The van der Waals surface area contributed by atoms with Gasteiger partial charge in [0.15, 0.2) is 0 Å². The zero-order chi connectivity index (χ0) is 12.3. The van der Waals surface area contributed by atoms with E-state index in [-0.39, 0.29) is 6.61 Å². The van der Waals surface area contributed by atoms with Gasteiger partial charge in [0.25, 0.3) is 0 Å². The molecule has 0 atom stereocenters.